The van der Waals surface area contributed by atoms with Crippen LogP contribution in [0.3, 0.4) is 0 Å². The predicted octanol–water partition coefficient (Wildman–Crippen LogP) is 5.52. The van der Waals surface area contributed by atoms with E-state index in [1.807, 2.05) is 38.1 Å². The Bertz CT molecular complexity index is 410. The smallest absolute Gasteiger partial charge is 0.135 e. The normalized spacial score (nSPS) is 13.9. The van der Waals surface area contributed by atoms with Crippen molar-refractivity contribution in [1.82, 2.24) is 0 Å². The van der Waals surface area contributed by atoms with Crippen LogP contribution in [0.25, 0.3) is 0 Å². The van der Waals surface area contributed by atoms with Gasteiger partial charge in [0.25, 0.3) is 0 Å². The fraction of sp³-hybridized carbons (Fsp3) is 0.538. The van der Waals surface area contributed by atoms with Crippen molar-refractivity contribution >= 4 is 39.0 Å². The maximum absolute atomic E-state index is 12.8. The number of hydrogen-bond donors (Lipinski definition) is 0. The third kappa shape index (κ3) is 3.69. The van der Waals surface area contributed by atoms with Gasteiger partial charge in [0.05, 0.1) is 3.74 Å². The van der Waals surface area contributed by atoms with E-state index < -0.39 is 7.14 Å². The van der Waals surface area contributed by atoms with Crippen LogP contribution in [-0.2, 0) is 9.30 Å². The molecule has 0 aromatic heterocycles. The molecule has 0 aliphatic heterocycles. The van der Waals surface area contributed by atoms with Gasteiger partial charge in [-0.15, -0.1) is 0 Å². The zero-order valence-electron chi connectivity index (χ0n) is 10.9. The van der Waals surface area contributed by atoms with E-state index >= 15 is 0 Å². The van der Waals surface area contributed by atoms with Gasteiger partial charge in [-0.05, 0) is 11.1 Å². The molecule has 2 nitrogen and oxygen atoms in total. The van der Waals surface area contributed by atoms with Crippen LogP contribution < -0.4 is 0 Å². The molecular weight excluding hydrogens is 379 g/mol. The van der Waals surface area contributed by atoms with Crippen LogP contribution in [0.4, 0.5) is 0 Å². The first kappa shape index (κ1) is 16.4. The SMILES string of the molecule is CCP(=O)(CC)C(OC)c1ccc(C(Br)Br)cc1. The van der Waals surface area contributed by atoms with Crippen LogP contribution in [0.2, 0.25) is 0 Å². The van der Waals surface area contributed by atoms with E-state index in [1.165, 1.54) is 0 Å². The molecule has 18 heavy (non-hydrogen) atoms. The summed E-state index contributed by atoms with van der Waals surface area (Å²) in [5.41, 5.74) is 2.13. The van der Waals surface area contributed by atoms with E-state index in [1.54, 1.807) is 7.11 Å². The van der Waals surface area contributed by atoms with Crippen LogP contribution in [0.5, 0.6) is 0 Å². The average Bonchev–Trinajstić information content (AvgIpc) is 2.39. The molecule has 0 bridgehead atoms. The van der Waals surface area contributed by atoms with Crippen molar-refractivity contribution in [3.8, 4) is 0 Å². The van der Waals surface area contributed by atoms with Crippen molar-refractivity contribution in [3.63, 3.8) is 0 Å². The van der Waals surface area contributed by atoms with E-state index in [0.29, 0.717) is 12.3 Å². The number of alkyl halides is 2. The zero-order chi connectivity index (χ0) is 13.8. The molecule has 0 radical (unpaired) electrons. The lowest BCUT2D eigenvalue weighted by Gasteiger charge is -2.25. The molecule has 0 heterocycles. The van der Waals surface area contributed by atoms with Crippen LogP contribution in [0.1, 0.15) is 34.6 Å². The van der Waals surface area contributed by atoms with Gasteiger partial charge in [0, 0.05) is 19.4 Å². The second kappa shape index (κ2) is 7.23. The standard InChI is InChI=1S/C13H19Br2O2P/c1-4-18(16,5-2)13(17-3)11-8-6-10(7-9-11)12(14)15/h6-9,12-13H,4-5H2,1-3H3. The number of benzene rings is 1. The highest BCUT2D eigenvalue weighted by molar-refractivity contribution is 9.24. The summed E-state index contributed by atoms with van der Waals surface area (Å²) in [7, 11) is -0.664. The topological polar surface area (TPSA) is 26.3 Å². The van der Waals surface area contributed by atoms with E-state index in [0.717, 1.165) is 11.1 Å². The molecule has 0 aliphatic carbocycles. The van der Waals surface area contributed by atoms with Gasteiger partial charge in [-0.2, -0.15) is 0 Å². The van der Waals surface area contributed by atoms with Gasteiger partial charge >= 0.3 is 0 Å². The van der Waals surface area contributed by atoms with Gasteiger partial charge in [-0.25, -0.2) is 0 Å². The Morgan fingerprint density at radius 2 is 1.56 bits per heavy atom. The Kier molecular flexibility index (Phi) is 6.60. The Morgan fingerprint density at radius 1 is 1.11 bits per heavy atom. The average molecular weight is 398 g/mol. The molecule has 1 atom stereocenters. The summed E-state index contributed by atoms with van der Waals surface area (Å²) < 4.78 is 18.4. The van der Waals surface area contributed by atoms with Crippen molar-refractivity contribution in [3.05, 3.63) is 35.4 Å². The highest BCUT2D eigenvalue weighted by Gasteiger charge is 2.30. The lowest BCUT2D eigenvalue weighted by atomic mass is 10.2. The molecule has 5 heteroatoms. The van der Waals surface area contributed by atoms with E-state index in [4.69, 9.17) is 4.74 Å². The molecule has 0 spiro atoms. The second-order valence-electron chi connectivity index (χ2n) is 4.14. The molecule has 1 aromatic carbocycles. The molecule has 0 saturated carbocycles. The first-order valence-electron chi connectivity index (χ1n) is 5.97. The number of rotatable bonds is 6. The van der Waals surface area contributed by atoms with Crippen molar-refractivity contribution in [1.29, 1.82) is 0 Å². The number of hydrogen-bond acceptors (Lipinski definition) is 2. The molecule has 0 fully saturated rings. The lowest BCUT2D eigenvalue weighted by molar-refractivity contribution is 0.164. The highest BCUT2D eigenvalue weighted by Crippen LogP contribution is 2.58. The zero-order valence-corrected chi connectivity index (χ0v) is 15.0. The fourth-order valence-corrected chi connectivity index (χ4v) is 4.78. The minimum absolute atomic E-state index is 0.143. The van der Waals surface area contributed by atoms with Gasteiger partial charge in [0.2, 0.25) is 0 Å². The van der Waals surface area contributed by atoms with Crippen molar-refractivity contribution in [2.45, 2.75) is 23.4 Å². The van der Waals surface area contributed by atoms with Gasteiger partial charge in [0.1, 0.15) is 13.0 Å². The van der Waals surface area contributed by atoms with Gasteiger partial charge in [0.15, 0.2) is 0 Å². The summed E-state index contributed by atoms with van der Waals surface area (Å²) in [4.78, 5) is 0. The first-order chi connectivity index (χ1) is 8.48. The summed E-state index contributed by atoms with van der Waals surface area (Å²) in [5.74, 6) is -0.286. The van der Waals surface area contributed by atoms with Gasteiger partial charge < -0.3 is 9.30 Å². The summed E-state index contributed by atoms with van der Waals surface area (Å²) >= 11 is 6.92. The van der Waals surface area contributed by atoms with Crippen LogP contribution in [0, 0.1) is 0 Å². The fourth-order valence-electron chi connectivity index (χ4n) is 1.96. The molecule has 0 N–H and O–H groups in total. The van der Waals surface area contributed by atoms with E-state index in [9.17, 15) is 4.57 Å². The summed E-state index contributed by atoms with van der Waals surface area (Å²) in [6.45, 7) is 3.94. The quantitative estimate of drug-likeness (QED) is 0.466. The van der Waals surface area contributed by atoms with Crippen LogP contribution in [0.15, 0.2) is 24.3 Å². The Balaban J connectivity index is 3.06. The Morgan fingerprint density at radius 3 is 1.89 bits per heavy atom. The Labute approximate surface area is 126 Å². The third-order valence-corrected chi connectivity index (χ3v) is 7.76. The largest absolute Gasteiger partial charge is 0.369 e. The van der Waals surface area contributed by atoms with E-state index in [-0.39, 0.29) is 9.58 Å². The number of halogens is 2. The Hall–Kier alpha value is 0.370. The molecule has 1 unspecified atom stereocenters. The van der Waals surface area contributed by atoms with Crippen LogP contribution in [-0.4, -0.2) is 19.4 Å². The summed E-state index contributed by atoms with van der Waals surface area (Å²) in [5, 5.41) is 0. The van der Waals surface area contributed by atoms with Crippen molar-refractivity contribution < 1.29 is 9.30 Å². The van der Waals surface area contributed by atoms with Crippen molar-refractivity contribution in [2.24, 2.45) is 0 Å². The number of ether oxygens (including phenoxy) is 1. The van der Waals surface area contributed by atoms with E-state index in [2.05, 4.69) is 31.9 Å². The van der Waals surface area contributed by atoms with Gasteiger partial charge in [-0.1, -0.05) is 70.0 Å². The molecule has 102 valence electrons. The summed E-state index contributed by atoms with van der Waals surface area (Å²) in [6, 6.07) is 8.03. The molecule has 1 rings (SSSR count). The molecule has 0 aliphatic rings. The molecule has 0 saturated heterocycles. The minimum Gasteiger partial charge on any atom is -0.369 e. The first-order valence-corrected chi connectivity index (χ1v) is 9.94. The maximum Gasteiger partial charge on any atom is 0.135 e. The third-order valence-electron chi connectivity index (χ3n) is 3.19. The molecular formula is C13H19Br2O2P. The monoisotopic (exact) mass is 396 g/mol. The highest BCUT2D eigenvalue weighted by atomic mass is 79.9. The molecule has 1 aromatic rings. The predicted molar refractivity (Wildman–Crippen MR) is 85.5 cm³/mol. The number of methoxy groups -OCH3 is 1. The minimum atomic E-state index is -2.30. The van der Waals surface area contributed by atoms with Crippen molar-refractivity contribution in [2.75, 3.05) is 19.4 Å². The second-order valence-corrected chi connectivity index (χ2v) is 10.8. The van der Waals surface area contributed by atoms with Gasteiger partial charge in [-0.3, -0.25) is 0 Å². The lowest BCUT2D eigenvalue weighted by Crippen LogP contribution is -2.06. The molecule has 0 amide bonds. The summed E-state index contributed by atoms with van der Waals surface area (Å²) in [6.07, 6.45) is 1.34. The maximum atomic E-state index is 12.8. The van der Waals surface area contributed by atoms with Crippen LogP contribution >= 0.6 is 39.0 Å².